The van der Waals surface area contributed by atoms with E-state index >= 15 is 0 Å². The van der Waals surface area contributed by atoms with E-state index in [1.165, 1.54) is 0 Å². The molecule has 21 heavy (non-hydrogen) atoms. The number of ether oxygens (including phenoxy) is 1. The van der Waals surface area contributed by atoms with Gasteiger partial charge in [0.2, 0.25) is 0 Å². The van der Waals surface area contributed by atoms with E-state index in [0.29, 0.717) is 0 Å². The van der Waals surface area contributed by atoms with Gasteiger partial charge in [0.15, 0.2) is 0 Å². The summed E-state index contributed by atoms with van der Waals surface area (Å²) >= 11 is 0. The summed E-state index contributed by atoms with van der Waals surface area (Å²) < 4.78 is 5.15. The molecule has 2 rings (SSSR count). The minimum atomic E-state index is 0.743. The van der Waals surface area contributed by atoms with E-state index in [-0.39, 0.29) is 0 Å². The first-order valence-corrected chi connectivity index (χ1v) is 7.22. The number of nitrogens with one attached hydrogen (secondary N) is 2. The molecular weight excluding hydrogens is 264 g/mol. The summed E-state index contributed by atoms with van der Waals surface area (Å²) in [5.74, 6) is 3.22. The van der Waals surface area contributed by atoms with Gasteiger partial charge in [0.1, 0.15) is 23.2 Å². The summed E-state index contributed by atoms with van der Waals surface area (Å²) in [7, 11) is 1.66. The predicted molar refractivity (Wildman–Crippen MR) is 86.4 cm³/mol. The minimum Gasteiger partial charge on any atom is -0.497 e. The molecule has 2 N–H and O–H groups in total. The molecular formula is C16H22N4O. The Kier molecular flexibility index (Phi) is 5.37. The van der Waals surface area contributed by atoms with Gasteiger partial charge >= 0.3 is 0 Å². The van der Waals surface area contributed by atoms with Crippen LogP contribution in [0.2, 0.25) is 0 Å². The van der Waals surface area contributed by atoms with Gasteiger partial charge in [-0.1, -0.05) is 13.3 Å². The van der Waals surface area contributed by atoms with Gasteiger partial charge in [-0.25, -0.2) is 9.97 Å². The summed E-state index contributed by atoms with van der Waals surface area (Å²) in [6, 6.07) is 9.67. The van der Waals surface area contributed by atoms with Crippen molar-refractivity contribution < 1.29 is 4.74 Å². The van der Waals surface area contributed by atoms with E-state index in [1.807, 2.05) is 37.3 Å². The fourth-order valence-corrected chi connectivity index (χ4v) is 1.94. The Balaban J connectivity index is 2.07. The largest absolute Gasteiger partial charge is 0.497 e. The zero-order valence-electron chi connectivity index (χ0n) is 12.8. The van der Waals surface area contributed by atoms with Gasteiger partial charge in [-0.15, -0.1) is 0 Å². The molecule has 0 aliphatic carbocycles. The molecule has 0 aliphatic heterocycles. The van der Waals surface area contributed by atoms with E-state index in [4.69, 9.17) is 4.74 Å². The van der Waals surface area contributed by atoms with Crippen molar-refractivity contribution >= 4 is 17.3 Å². The highest BCUT2D eigenvalue weighted by molar-refractivity contribution is 5.59. The summed E-state index contributed by atoms with van der Waals surface area (Å²) in [4.78, 5) is 8.80. The number of hydrogen-bond acceptors (Lipinski definition) is 5. The average molecular weight is 286 g/mol. The van der Waals surface area contributed by atoms with E-state index in [9.17, 15) is 0 Å². The summed E-state index contributed by atoms with van der Waals surface area (Å²) in [6.45, 7) is 4.99. The van der Waals surface area contributed by atoms with Crippen molar-refractivity contribution in [2.24, 2.45) is 0 Å². The quantitative estimate of drug-likeness (QED) is 0.759. The van der Waals surface area contributed by atoms with Crippen molar-refractivity contribution in [1.29, 1.82) is 0 Å². The second kappa shape index (κ2) is 7.47. The molecule has 1 aromatic carbocycles. The topological polar surface area (TPSA) is 59.1 Å². The van der Waals surface area contributed by atoms with E-state index < -0.39 is 0 Å². The highest BCUT2D eigenvalue weighted by atomic mass is 16.5. The van der Waals surface area contributed by atoms with Crippen LogP contribution in [-0.4, -0.2) is 23.6 Å². The van der Waals surface area contributed by atoms with Crippen LogP contribution >= 0.6 is 0 Å². The first-order chi connectivity index (χ1) is 10.2. The lowest BCUT2D eigenvalue weighted by Crippen LogP contribution is -2.06. The first kappa shape index (κ1) is 15.1. The van der Waals surface area contributed by atoms with Gasteiger partial charge in [-0.05, 0) is 37.6 Å². The maximum absolute atomic E-state index is 5.15. The number of aryl methyl sites for hydroxylation is 1. The number of hydrogen-bond donors (Lipinski definition) is 2. The SMILES string of the molecule is CCCCNc1cc(Nc2ccc(OC)cc2)nc(C)n1. The normalized spacial score (nSPS) is 10.2. The first-order valence-electron chi connectivity index (χ1n) is 7.22. The van der Waals surface area contributed by atoms with Crippen molar-refractivity contribution in [1.82, 2.24) is 9.97 Å². The van der Waals surface area contributed by atoms with Crippen LogP contribution in [0.4, 0.5) is 17.3 Å². The third kappa shape index (κ3) is 4.63. The third-order valence-corrected chi connectivity index (χ3v) is 3.04. The van der Waals surface area contributed by atoms with Gasteiger partial charge in [0.25, 0.3) is 0 Å². The van der Waals surface area contributed by atoms with Crippen LogP contribution < -0.4 is 15.4 Å². The Morgan fingerprint density at radius 3 is 2.48 bits per heavy atom. The van der Waals surface area contributed by atoms with Crippen LogP contribution in [0.3, 0.4) is 0 Å². The van der Waals surface area contributed by atoms with Crippen molar-refractivity contribution in [2.75, 3.05) is 24.3 Å². The highest BCUT2D eigenvalue weighted by Gasteiger charge is 2.02. The monoisotopic (exact) mass is 286 g/mol. The molecule has 0 unspecified atom stereocenters. The van der Waals surface area contributed by atoms with Crippen LogP contribution in [0, 0.1) is 6.92 Å². The smallest absolute Gasteiger partial charge is 0.136 e. The van der Waals surface area contributed by atoms with Crippen molar-refractivity contribution in [3.05, 3.63) is 36.2 Å². The van der Waals surface area contributed by atoms with Crippen LogP contribution in [0.5, 0.6) is 5.75 Å². The molecule has 1 heterocycles. The summed E-state index contributed by atoms with van der Waals surface area (Å²) in [5.41, 5.74) is 0.966. The lowest BCUT2D eigenvalue weighted by molar-refractivity contribution is 0.415. The lowest BCUT2D eigenvalue weighted by Gasteiger charge is -2.10. The molecule has 112 valence electrons. The van der Waals surface area contributed by atoms with Gasteiger partial charge in [-0.2, -0.15) is 0 Å². The number of anilines is 3. The summed E-state index contributed by atoms with van der Waals surface area (Å²) in [6.07, 6.45) is 2.29. The third-order valence-electron chi connectivity index (χ3n) is 3.04. The van der Waals surface area contributed by atoms with Crippen LogP contribution in [0.15, 0.2) is 30.3 Å². The fraction of sp³-hybridized carbons (Fsp3) is 0.375. The molecule has 0 fully saturated rings. The molecule has 1 aromatic heterocycles. The molecule has 0 atom stereocenters. The second-order valence-corrected chi connectivity index (χ2v) is 4.82. The predicted octanol–water partition coefficient (Wildman–Crippen LogP) is 3.75. The number of methoxy groups -OCH3 is 1. The zero-order valence-corrected chi connectivity index (χ0v) is 12.8. The number of aromatic nitrogens is 2. The molecule has 0 amide bonds. The fourth-order valence-electron chi connectivity index (χ4n) is 1.94. The van der Waals surface area contributed by atoms with E-state index in [1.54, 1.807) is 7.11 Å². The molecule has 0 spiro atoms. The maximum atomic E-state index is 5.15. The Hall–Kier alpha value is -2.30. The summed E-state index contributed by atoms with van der Waals surface area (Å²) in [5, 5.41) is 6.60. The minimum absolute atomic E-state index is 0.743. The molecule has 0 saturated carbocycles. The molecule has 5 heteroatoms. The molecule has 0 radical (unpaired) electrons. The lowest BCUT2D eigenvalue weighted by atomic mass is 10.3. The van der Waals surface area contributed by atoms with Gasteiger partial charge < -0.3 is 15.4 Å². The molecule has 0 aliphatic rings. The van der Waals surface area contributed by atoms with Crippen LogP contribution in [-0.2, 0) is 0 Å². The molecule has 0 bridgehead atoms. The Labute approximate surface area is 125 Å². The van der Waals surface area contributed by atoms with Crippen LogP contribution in [0.25, 0.3) is 0 Å². The molecule has 5 nitrogen and oxygen atoms in total. The van der Waals surface area contributed by atoms with Crippen molar-refractivity contribution in [2.45, 2.75) is 26.7 Å². The van der Waals surface area contributed by atoms with Gasteiger partial charge in [0.05, 0.1) is 7.11 Å². The van der Waals surface area contributed by atoms with Crippen molar-refractivity contribution in [3.63, 3.8) is 0 Å². The zero-order chi connectivity index (χ0) is 15.1. The number of benzene rings is 1. The van der Waals surface area contributed by atoms with Crippen molar-refractivity contribution in [3.8, 4) is 5.75 Å². The molecule has 0 saturated heterocycles. The van der Waals surface area contributed by atoms with Gasteiger partial charge in [0, 0.05) is 18.3 Å². The van der Waals surface area contributed by atoms with Gasteiger partial charge in [-0.3, -0.25) is 0 Å². The Bertz CT molecular complexity index is 569. The van der Waals surface area contributed by atoms with E-state index in [0.717, 1.165) is 48.3 Å². The maximum Gasteiger partial charge on any atom is 0.136 e. The van der Waals surface area contributed by atoms with E-state index in [2.05, 4.69) is 27.5 Å². The second-order valence-electron chi connectivity index (χ2n) is 4.82. The standard InChI is InChI=1S/C16H22N4O/c1-4-5-10-17-15-11-16(19-12(2)18-15)20-13-6-8-14(21-3)9-7-13/h6-9,11H,4-5,10H2,1-3H3,(H2,17,18,19,20). The Morgan fingerprint density at radius 2 is 1.81 bits per heavy atom. The molecule has 2 aromatic rings. The Morgan fingerprint density at radius 1 is 1.10 bits per heavy atom. The average Bonchev–Trinajstić information content (AvgIpc) is 2.48. The van der Waals surface area contributed by atoms with Crippen LogP contribution in [0.1, 0.15) is 25.6 Å². The number of rotatable bonds is 7. The number of unbranched alkanes of at least 4 members (excludes halogenated alkanes) is 1. The highest BCUT2D eigenvalue weighted by Crippen LogP contribution is 2.20. The number of nitrogens with zero attached hydrogens (tertiary/aromatic N) is 2.